The standard InChI is InChI=1S/C12H13ClFNO/c1-7(16)15-11-5-8(12(2)3-4-12)9(13)6-10(11)14/h5-6H,3-4H2,1-2H3,(H,15,16). The average molecular weight is 242 g/mol. The van der Waals surface area contributed by atoms with Crippen molar-refractivity contribution >= 4 is 23.2 Å². The van der Waals surface area contributed by atoms with Crippen LogP contribution in [0.15, 0.2) is 12.1 Å². The number of hydrogen-bond acceptors (Lipinski definition) is 1. The third kappa shape index (κ3) is 2.05. The predicted molar refractivity (Wildman–Crippen MR) is 62.3 cm³/mol. The van der Waals surface area contributed by atoms with E-state index in [4.69, 9.17) is 11.6 Å². The molecule has 0 spiro atoms. The lowest BCUT2D eigenvalue weighted by molar-refractivity contribution is -0.114. The highest BCUT2D eigenvalue weighted by molar-refractivity contribution is 6.31. The smallest absolute Gasteiger partial charge is 0.221 e. The highest BCUT2D eigenvalue weighted by Gasteiger charge is 2.41. The van der Waals surface area contributed by atoms with Crippen LogP contribution in [0.4, 0.5) is 10.1 Å². The van der Waals surface area contributed by atoms with E-state index in [2.05, 4.69) is 12.2 Å². The number of amides is 1. The molecule has 1 saturated carbocycles. The van der Waals surface area contributed by atoms with Gasteiger partial charge in [0.1, 0.15) is 5.82 Å². The zero-order valence-corrected chi connectivity index (χ0v) is 9.99. The fourth-order valence-corrected chi connectivity index (χ4v) is 2.13. The van der Waals surface area contributed by atoms with E-state index in [1.165, 1.54) is 13.0 Å². The molecule has 0 atom stereocenters. The molecule has 0 heterocycles. The minimum atomic E-state index is -0.492. The van der Waals surface area contributed by atoms with Crippen molar-refractivity contribution in [1.29, 1.82) is 0 Å². The molecule has 0 aromatic heterocycles. The molecule has 1 amide bonds. The highest BCUT2D eigenvalue weighted by atomic mass is 35.5. The van der Waals surface area contributed by atoms with Crippen LogP contribution in [0, 0.1) is 5.82 Å². The van der Waals surface area contributed by atoms with Gasteiger partial charge in [0, 0.05) is 11.9 Å². The summed E-state index contributed by atoms with van der Waals surface area (Å²) in [6.45, 7) is 3.44. The SMILES string of the molecule is CC(=O)Nc1cc(C2(C)CC2)c(Cl)cc1F. The summed E-state index contributed by atoms with van der Waals surface area (Å²) >= 11 is 6.01. The summed E-state index contributed by atoms with van der Waals surface area (Å²) in [7, 11) is 0. The van der Waals surface area contributed by atoms with Gasteiger partial charge in [-0.15, -0.1) is 0 Å². The fraction of sp³-hybridized carbons (Fsp3) is 0.417. The molecule has 16 heavy (non-hydrogen) atoms. The molecule has 0 bridgehead atoms. The Labute approximate surface area is 98.8 Å². The van der Waals surface area contributed by atoms with Crippen molar-refractivity contribution in [1.82, 2.24) is 0 Å². The van der Waals surface area contributed by atoms with E-state index in [9.17, 15) is 9.18 Å². The first kappa shape index (κ1) is 11.4. The number of hydrogen-bond donors (Lipinski definition) is 1. The van der Waals surface area contributed by atoms with Crippen molar-refractivity contribution in [2.45, 2.75) is 32.1 Å². The molecule has 4 heteroatoms. The second-order valence-corrected chi connectivity index (χ2v) is 4.96. The molecule has 1 aromatic carbocycles. The maximum Gasteiger partial charge on any atom is 0.221 e. The Morgan fingerprint density at radius 3 is 2.62 bits per heavy atom. The molecule has 2 rings (SSSR count). The van der Waals surface area contributed by atoms with Crippen molar-refractivity contribution in [3.05, 3.63) is 28.5 Å². The molecule has 1 aromatic rings. The summed E-state index contributed by atoms with van der Waals surface area (Å²) in [6.07, 6.45) is 2.11. The summed E-state index contributed by atoms with van der Waals surface area (Å²) in [5, 5.41) is 2.90. The van der Waals surface area contributed by atoms with Gasteiger partial charge in [-0.05, 0) is 36.0 Å². The highest BCUT2D eigenvalue weighted by Crippen LogP contribution is 2.50. The van der Waals surface area contributed by atoms with Crippen molar-refractivity contribution in [2.75, 3.05) is 5.32 Å². The zero-order chi connectivity index (χ0) is 11.9. The van der Waals surface area contributed by atoms with Gasteiger partial charge in [0.15, 0.2) is 0 Å². The monoisotopic (exact) mass is 241 g/mol. The van der Waals surface area contributed by atoms with Gasteiger partial charge in [-0.2, -0.15) is 0 Å². The largest absolute Gasteiger partial charge is 0.324 e. The predicted octanol–water partition coefficient (Wildman–Crippen LogP) is 3.49. The van der Waals surface area contributed by atoms with Gasteiger partial charge in [-0.3, -0.25) is 4.79 Å². The lowest BCUT2D eigenvalue weighted by Gasteiger charge is -2.14. The van der Waals surface area contributed by atoms with Crippen LogP contribution < -0.4 is 5.32 Å². The summed E-state index contributed by atoms with van der Waals surface area (Å²) in [5.74, 6) is -0.777. The Morgan fingerprint density at radius 1 is 1.50 bits per heavy atom. The quantitative estimate of drug-likeness (QED) is 0.844. The van der Waals surface area contributed by atoms with Crippen molar-refractivity contribution in [2.24, 2.45) is 0 Å². The van der Waals surface area contributed by atoms with E-state index in [0.29, 0.717) is 5.02 Å². The van der Waals surface area contributed by atoms with E-state index in [-0.39, 0.29) is 17.0 Å². The first-order valence-electron chi connectivity index (χ1n) is 5.19. The maximum atomic E-state index is 13.5. The molecule has 0 radical (unpaired) electrons. The summed E-state index contributed by atoms with van der Waals surface area (Å²) < 4.78 is 13.5. The normalized spacial score (nSPS) is 17.0. The van der Waals surface area contributed by atoms with E-state index in [0.717, 1.165) is 18.4 Å². The molecule has 1 aliphatic rings. The Bertz CT molecular complexity index is 455. The van der Waals surface area contributed by atoms with Crippen molar-refractivity contribution < 1.29 is 9.18 Å². The van der Waals surface area contributed by atoms with Crippen LogP contribution in [-0.4, -0.2) is 5.91 Å². The molecule has 0 saturated heterocycles. The van der Waals surface area contributed by atoms with E-state index < -0.39 is 5.82 Å². The Kier molecular flexibility index (Phi) is 2.66. The average Bonchev–Trinajstić information content (AvgIpc) is 2.89. The minimum absolute atomic E-state index is 0.0536. The molecule has 2 nitrogen and oxygen atoms in total. The van der Waals surface area contributed by atoms with Gasteiger partial charge in [-0.25, -0.2) is 4.39 Å². The number of nitrogens with one attached hydrogen (secondary N) is 1. The van der Waals surface area contributed by atoms with Crippen LogP contribution >= 0.6 is 11.6 Å². The molecule has 1 aliphatic carbocycles. The van der Waals surface area contributed by atoms with E-state index in [1.54, 1.807) is 6.07 Å². The first-order valence-corrected chi connectivity index (χ1v) is 5.57. The van der Waals surface area contributed by atoms with Crippen molar-refractivity contribution in [3.8, 4) is 0 Å². The Hall–Kier alpha value is -1.09. The summed E-state index contributed by atoms with van der Waals surface area (Å²) in [4.78, 5) is 10.9. The lowest BCUT2D eigenvalue weighted by atomic mass is 9.97. The van der Waals surface area contributed by atoms with E-state index >= 15 is 0 Å². The van der Waals surface area contributed by atoms with Crippen LogP contribution in [-0.2, 0) is 10.2 Å². The first-order chi connectivity index (χ1) is 7.42. The third-order valence-electron chi connectivity index (χ3n) is 3.02. The third-order valence-corrected chi connectivity index (χ3v) is 3.33. The number of carbonyl (C=O) groups is 1. The number of anilines is 1. The maximum absolute atomic E-state index is 13.5. The van der Waals surface area contributed by atoms with Crippen molar-refractivity contribution in [3.63, 3.8) is 0 Å². The zero-order valence-electron chi connectivity index (χ0n) is 9.23. The van der Waals surface area contributed by atoms with Crippen LogP contribution in [0.3, 0.4) is 0 Å². The molecule has 86 valence electrons. The van der Waals surface area contributed by atoms with Gasteiger partial charge >= 0.3 is 0 Å². The molecule has 0 aliphatic heterocycles. The van der Waals surface area contributed by atoms with Gasteiger partial charge in [-0.1, -0.05) is 18.5 Å². The van der Waals surface area contributed by atoms with Crippen LogP contribution in [0.1, 0.15) is 32.3 Å². The van der Waals surface area contributed by atoms with Gasteiger partial charge in [0.25, 0.3) is 0 Å². The molecule has 1 N–H and O–H groups in total. The summed E-state index contributed by atoms with van der Waals surface area (Å²) in [6, 6.07) is 2.91. The van der Waals surface area contributed by atoms with Gasteiger partial charge < -0.3 is 5.32 Å². The molecular weight excluding hydrogens is 229 g/mol. The molecule has 0 unspecified atom stereocenters. The van der Waals surface area contributed by atoms with Gasteiger partial charge in [0.2, 0.25) is 5.91 Å². The van der Waals surface area contributed by atoms with Gasteiger partial charge in [0.05, 0.1) is 5.69 Å². The summed E-state index contributed by atoms with van der Waals surface area (Å²) in [5.41, 5.74) is 1.18. The topological polar surface area (TPSA) is 29.1 Å². The van der Waals surface area contributed by atoms with Crippen LogP contribution in [0.2, 0.25) is 5.02 Å². The van der Waals surface area contributed by atoms with Crippen LogP contribution in [0.25, 0.3) is 0 Å². The number of rotatable bonds is 2. The Morgan fingerprint density at radius 2 is 2.12 bits per heavy atom. The fourth-order valence-electron chi connectivity index (χ4n) is 1.75. The number of carbonyl (C=O) groups excluding carboxylic acids is 1. The molecule has 1 fully saturated rings. The number of halogens is 2. The number of benzene rings is 1. The second-order valence-electron chi connectivity index (χ2n) is 4.55. The van der Waals surface area contributed by atoms with Crippen LogP contribution in [0.5, 0.6) is 0 Å². The lowest BCUT2D eigenvalue weighted by Crippen LogP contribution is -2.10. The molecular formula is C12H13ClFNO. The Balaban J connectivity index is 2.43. The minimum Gasteiger partial charge on any atom is -0.324 e. The van der Waals surface area contributed by atoms with E-state index in [1.807, 2.05) is 0 Å². The second kappa shape index (κ2) is 3.74.